The van der Waals surface area contributed by atoms with Gasteiger partial charge in [-0.3, -0.25) is 9.78 Å². The molecule has 2 aromatic rings. The summed E-state index contributed by atoms with van der Waals surface area (Å²) in [6, 6.07) is 7.53. The highest BCUT2D eigenvalue weighted by atomic mass is 16.1. The first-order chi connectivity index (χ1) is 6.31. The van der Waals surface area contributed by atoms with Gasteiger partial charge < -0.3 is 0 Å². The van der Waals surface area contributed by atoms with Crippen molar-refractivity contribution in [2.75, 3.05) is 0 Å². The van der Waals surface area contributed by atoms with Gasteiger partial charge in [-0.15, -0.1) is 0 Å². The molecule has 0 saturated carbocycles. The number of aldehydes is 1. The fraction of sp³-hybridized carbons (Fsp3) is 0.0909. The predicted octanol–water partition coefficient (Wildman–Crippen LogP) is 2.36. The van der Waals surface area contributed by atoms with Crippen molar-refractivity contribution in [3.05, 3.63) is 41.6 Å². The molecule has 2 heteroatoms. The topological polar surface area (TPSA) is 30.0 Å². The van der Waals surface area contributed by atoms with Crippen molar-refractivity contribution in [1.82, 2.24) is 4.98 Å². The number of benzene rings is 1. The molecule has 0 amide bonds. The third-order valence-electron chi connectivity index (χ3n) is 2.05. The molecular weight excluding hydrogens is 162 g/mol. The number of carbonyl (C=O) groups is 1. The van der Waals surface area contributed by atoms with Gasteiger partial charge in [0.05, 0.1) is 5.52 Å². The zero-order chi connectivity index (χ0) is 9.26. The first-order valence-corrected chi connectivity index (χ1v) is 4.12. The minimum atomic E-state index is 0.706. The molecule has 0 spiro atoms. The van der Waals surface area contributed by atoms with E-state index in [0.29, 0.717) is 5.56 Å². The van der Waals surface area contributed by atoms with Crippen molar-refractivity contribution in [2.24, 2.45) is 0 Å². The molecule has 0 radical (unpaired) electrons. The molecule has 0 unspecified atom stereocenters. The number of nitrogens with zero attached hydrogens (tertiary/aromatic N) is 1. The van der Waals surface area contributed by atoms with Gasteiger partial charge in [0.1, 0.15) is 6.29 Å². The molecule has 0 aliphatic heterocycles. The summed E-state index contributed by atoms with van der Waals surface area (Å²) in [7, 11) is 0. The van der Waals surface area contributed by atoms with E-state index < -0.39 is 0 Å². The van der Waals surface area contributed by atoms with Gasteiger partial charge in [-0.05, 0) is 30.7 Å². The van der Waals surface area contributed by atoms with Crippen LogP contribution in [0.15, 0.2) is 30.5 Å². The van der Waals surface area contributed by atoms with E-state index >= 15 is 0 Å². The Hall–Kier alpha value is -1.70. The summed E-state index contributed by atoms with van der Waals surface area (Å²) >= 11 is 0. The van der Waals surface area contributed by atoms with Crippen LogP contribution in [0.5, 0.6) is 0 Å². The Bertz CT molecular complexity index is 463. The lowest BCUT2D eigenvalue weighted by molar-refractivity contribution is 0.112. The Kier molecular flexibility index (Phi) is 1.81. The quantitative estimate of drug-likeness (QED) is 0.616. The summed E-state index contributed by atoms with van der Waals surface area (Å²) in [5.74, 6) is 0. The van der Waals surface area contributed by atoms with E-state index in [-0.39, 0.29) is 0 Å². The third kappa shape index (κ3) is 1.31. The summed E-state index contributed by atoms with van der Waals surface area (Å²) < 4.78 is 0. The zero-order valence-corrected chi connectivity index (χ0v) is 7.32. The monoisotopic (exact) mass is 171 g/mol. The van der Waals surface area contributed by atoms with Crippen LogP contribution in [-0.4, -0.2) is 11.3 Å². The van der Waals surface area contributed by atoms with Crippen LogP contribution in [-0.2, 0) is 0 Å². The highest BCUT2D eigenvalue weighted by molar-refractivity contribution is 5.88. The average Bonchev–Trinajstić information content (AvgIpc) is 2.18. The minimum absolute atomic E-state index is 0.706. The molecule has 1 aromatic heterocycles. The molecule has 1 aromatic carbocycles. The van der Waals surface area contributed by atoms with Gasteiger partial charge in [-0.25, -0.2) is 0 Å². The number of aromatic nitrogens is 1. The standard InChI is InChI=1S/C11H9NO/c1-8-5-9(7-13)6-10-3-2-4-12-11(8)10/h2-7H,1H3. The first-order valence-electron chi connectivity index (χ1n) is 4.12. The molecule has 2 rings (SSSR count). The molecule has 1 heterocycles. The van der Waals surface area contributed by atoms with Gasteiger partial charge in [0.25, 0.3) is 0 Å². The Labute approximate surface area is 76.2 Å². The van der Waals surface area contributed by atoms with E-state index in [9.17, 15) is 4.79 Å². The Morgan fingerprint density at radius 1 is 1.38 bits per heavy atom. The van der Waals surface area contributed by atoms with Crippen molar-refractivity contribution in [2.45, 2.75) is 6.92 Å². The molecular formula is C11H9NO. The third-order valence-corrected chi connectivity index (χ3v) is 2.05. The smallest absolute Gasteiger partial charge is 0.150 e. The highest BCUT2D eigenvalue weighted by Gasteiger charge is 1.99. The van der Waals surface area contributed by atoms with Crippen LogP contribution in [0.3, 0.4) is 0 Å². The van der Waals surface area contributed by atoms with E-state index in [1.165, 1.54) is 0 Å². The van der Waals surface area contributed by atoms with E-state index in [1.54, 1.807) is 6.20 Å². The molecule has 0 fully saturated rings. The van der Waals surface area contributed by atoms with Crippen LogP contribution in [0.25, 0.3) is 10.9 Å². The van der Waals surface area contributed by atoms with Crippen LogP contribution in [0.1, 0.15) is 15.9 Å². The van der Waals surface area contributed by atoms with Crippen molar-refractivity contribution in [3.8, 4) is 0 Å². The number of carbonyl (C=O) groups excluding carboxylic acids is 1. The van der Waals surface area contributed by atoms with Gasteiger partial charge >= 0.3 is 0 Å². The Morgan fingerprint density at radius 2 is 2.23 bits per heavy atom. The number of rotatable bonds is 1. The van der Waals surface area contributed by atoms with Crippen LogP contribution in [0, 0.1) is 6.92 Å². The van der Waals surface area contributed by atoms with E-state index in [1.807, 2.05) is 31.2 Å². The van der Waals surface area contributed by atoms with Gasteiger partial charge in [-0.1, -0.05) is 6.07 Å². The molecule has 0 saturated heterocycles. The fourth-order valence-electron chi connectivity index (χ4n) is 1.47. The molecule has 13 heavy (non-hydrogen) atoms. The Morgan fingerprint density at radius 3 is 3.00 bits per heavy atom. The molecule has 64 valence electrons. The van der Waals surface area contributed by atoms with E-state index in [0.717, 1.165) is 22.8 Å². The fourth-order valence-corrected chi connectivity index (χ4v) is 1.47. The number of hydrogen-bond acceptors (Lipinski definition) is 2. The molecule has 0 atom stereocenters. The van der Waals surface area contributed by atoms with Gasteiger partial charge in [0, 0.05) is 17.1 Å². The molecule has 0 N–H and O–H groups in total. The van der Waals surface area contributed by atoms with Gasteiger partial charge in [0.15, 0.2) is 0 Å². The van der Waals surface area contributed by atoms with E-state index in [2.05, 4.69) is 4.98 Å². The lowest BCUT2D eigenvalue weighted by Crippen LogP contribution is -1.86. The maximum absolute atomic E-state index is 10.6. The lowest BCUT2D eigenvalue weighted by Gasteiger charge is -2.01. The maximum Gasteiger partial charge on any atom is 0.150 e. The molecule has 0 aliphatic rings. The van der Waals surface area contributed by atoms with Gasteiger partial charge in [0.2, 0.25) is 0 Å². The number of pyridine rings is 1. The van der Waals surface area contributed by atoms with Crippen LogP contribution in [0.2, 0.25) is 0 Å². The van der Waals surface area contributed by atoms with Crippen molar-refractivity contribution < 1.29 is 4.79 Å². The van der Waals surface area contributed by atoms with Crippen LogP contribution < -0.4 is 0 Å². The Balaban J connectivity index is 2.84. The minimum Gasteiger partial charge on any atom is -0.298 e. The summed E-state index contributed by atoms with van der Waals surface area (Å²) in [6.45, 7) is 1.96. The largest absolute Gasteiger partial charge is 0.298 e. The summed E-state index contributed by atoms with van der Waals surface area (Å²) in [5, 5.41) is 1.02. The van der Waals surface area contributed by atoms with Crippen molar-refractivity contribution in [1.29, 1.82) is 0 Å². The second kappa shape index (κ2) is 2.98. The number of hydrogen-bond donors (Lipinski definition) is 0. The zero-order valence-electron chi connectivity index (χ0n) is 7.32. The van der Waals surface area contributed by atoms with Gasteiger partial charge in [-0.2, -0.15) is 0 Å². The summed E-state index contributed by atoms with van der Waals surface area (Å²) in [5.41, 5.74) is 2.71. The normalized spacial score (nSPS) is 10.2. The summed E-state index contributed by atoms with van der Waals surface area (Å²) in [6.07, 6.45) is 2.62. The summed E-state index contributed by atoms with van der Waals surface area (Å²) in [4.78, 5) is 14.8. The second-order valence-corrected chi connectivity index (χ2v) is 3.03. The second-order valence-electron chi connectivity index (χ2n) is 3.03. The first kappa shape index (κ1) is 7.92. The predicted molar refractivity (Wildman–Crippen MR) is 51.9 cm³/mol. The maximum atomic E-state index is 10.6. The number of fused-ring (bicyclic) bond motifs is 1. The lowest BCUT2D eigenvalue weighted by atomic mass is 10.1. The molecule has 0 aliphatic carbocycles. The van der Waals surface area contributed by atoms with Crippen LogP contribution in [0.4, 0.5) is 0 Å². The highest BCUT2D eigenvalue weighted by Crippen LogP contribution is 2.16. The van der Waals surface area contributed by atoms with Crippen molar-refractivity contribution >= 4 is 17.2 Å². The van der Waals surface area contributed by atoms with Crippen LogP contribution >= 0.6 is 0 Å². The molecule has 0 bridgehead atoms. The molecule has 2 nitrogen and oxygen atoms in total. The number of aryl methyl sites for hydroxylation is 1. The average molecular weight is 171 g/mol. The van der Waals surface area contributed by atoms with E-state index in [4.69, 9.17) is 0 Å². The SMILES string of the molecule is Cc1cc(C=O)cc2cccnc12. The van der Waals surface area contributed by atoms with Crippen molar-refractivity contribution in [3.63, 3.8) is 0 Å².